The Kier molecular flexibility index (Phi) is 5.72. The fourth-order valence-corrected chi connectivity index (χ4v) is 5.02. The Labute approximate surface area is 234 Å². The summed E-state index contributed by atoms with van der Waals surface area (Å²) >= 11 is 0. The fraction of sp³-hybridized carbons (Fsp3) is 0. The van der Waals surface area contributed by atoms with E-state index in [1.54, 1.807) is 9.36 Å². The molecule has 0 bridgehead atoms. The minimum atomic E-state index is -0.473. The molecule has 204 valence electrons. The number of hydrogen-bond acceptors (Lipinski definition) is 6. The van der Waals surface area contributed by atoms with E-state index in [4.69, 9.17) is 0 Å². The molecular formula is C30H20N8O4. The first-order chi connectivity index (χ1) is 20.6. The predicted octanol–water partition coefficient (Wildman–Crippen LogP) is 3.69. The van der Waals surface area contributed by atoms with Gasteiger partial charge >= 0.3 is 0 Å². The van der Waals surface area contributed by atoms with E-state index in [0.29, 0.717) is 57.7 Å². The van der Waals surface area contributed by atoms with E-state index >= 15 is 0 Å². The molecule has 4 N–H and O–H groups in total. The van der Waals surface area contributed by atoms with E-state index in [1.807, 2.05) is 60.7 Å². The maximum absolute atomic E-state index is 13.9. The van der Waals surface area contributed by atoms with Gasteiger partial charge in [-0.3, -0.25) is 19.2 Å². The fourth-order valence-electron chi connectivity index (χ4n) is 5.02. The van der Waals surface area contributed by atoms with Crippen molar-refractivity contribution in [3.8, 4) is 11.4 Å². The molecule has 3 aromatic carbocycles. The summed E-state index contributed by atoms with van der Waals surface area (Å²) in [4.78, 5) is 62.5. The van der Waals surface area contributed by atoms with Crippen molar-refractivity contribution >= 4 is 69.1 Å². The van der Waals surface area contributed by atoms with Crippen molar-refractivity contribution in [2.24, 2.45) is 0 Å². The summed E-state index contributed by atoms with van der Waals surface area (Å²) in [7, 11) is 0. The number of aromatic nitrogens is 8. The zero-order valence-corrected chi connectivity index (χ0v) is 21.7. The van der Waals surface area contributed by atoms with E-state index in [9.17, 15) is 19.2 Å². The van der Waals surface area contributed by atoms with Gasteiger partial charge in [0.2, 0.25) is 10.9 Å². The number of aromatic amines is 4. The Bertz CT molecular complexity index is 2210. The van der Waals surface area contributed by atoms with Gasteiger partial charge in [-0.25, -0.2) is 9.36 Å². The molecule has 0 radical (unpaired) electrons. The molecule has 0 aliphatic rings. The molecule has 4 heterocycles. The molecule has 0 saturated carbocycles. The number of carbonyl (C=O) groups excluding carboxylic acids is 2. The number of allylic oxidation sites excluding steroid dienone is 2. The molecule has 12 heteroatoms. The van der Waals surface area contributed by atoms with Gasteiger partial charge in [0.1, 0.15) is 57.1 Å². The van der Waals surface area contributed by atoms with E-state index < -0.39 is 10.9 Å². The molecular weight excluding hydrogens is 536 g/mol. The first kappa shape index (κ1) is 24.7. The van der Waals surface area contributed by atoms with Gasteiger partial charge in [-0.1, -0.05) is 36.4 Å². The van der Waals surface area contributed by atoms with Crippen LogP contribution in [0, 0.1) is 0 Å². The molecule has 7 aromatic rings. The Morgan fingerprint density at radius 1 is 0.524 bits per heavy atom. The molecule has 0 spiro atoms. The minimum absolute atomic E-state index is 0.0317. The number of hydrogen-bond donors (Lipinski definition) is 4. The molecule has 0 aliphatic carbocycles. The number of benzene rings is 3. The van der Waals surface area contributed by atoms with Crippen molar-refractivity contribution in [2.75, 3.05) is 0 Å². The quantitative estimate of drug-likeness (QED) is 0.138. The minimum Gasteiger partial charge on any atom is -0.346 e. The van der Waals surface area contributed by atoms with Crippen molar-refractivity contribution in [3.05, 3.63) is 105 Å². The first-order valence-corrected chi connectivity index (χ1v) is 12.9. The van der Waals surface area contributed by atoms with Crippen LogP contribution in [0.15, 0.2) is 82.4 Å². The number of fused-ring (bicyclic) bond motifs is 4. The standard InChI is InChI=1S/C30H20N8O4/c39-15-7-13-19-21-29(37(35-19)17-9-3-1-4-10-17)33-25-23(31-21)28(42)26-24(27(25)41)32-22-20(14-8-16-40)36-38(30(22)34-26)18-11-5-2-6-12-18/h1-16,31-34H/b13-7+,14-8+. The Hall–Kier alpha value is -6.30. The highest BCUT2D eigenvalue weighted by molar-refractivity contribution is 5.99. The molecule has 0 unspecified atom stereocenters. The van der Waals surface area contributed by atoms with E-state index in [-0.39, 0.29) is 22.1 Å². The Morgan fingerprint density at radius 3 is 1.29 bits per heavy atom. The van der Waals surface area contributed by atoms with Crippen molar-refractivity contribution < 1.29 is 9.59 Å². The number of para-hydroxylation sites is 2. The highest BCUT2D eigenvalue weighted by atomic mass is 16.1. The van der Waals surface area contributed by atoms with Gasteiger partial charge < -0.3 is 19.9 Å². The van der Waals surface area contributed by atoms with Crippen LogP contribution in [0.25, 0.3) is 67.9 Å². The Morgan fingerprint density at radius 2 is 0.905 bits per heavy atom. The smallest absolute Gasteiger partial charge is 0.229 e. The highest BCUT2D eigenvalue weighted by Crippen LogP contribution is 2.24. The van der Waals surface area contributed by atoms with Crippen molar-refractivity contribution in [3.63, 3.8) is 0 Å². The number of nitrogens with one attached hydrogen (secondary N) is 4. The summed E-state index contributed by atoms with van der Waals surface area (Å²) in [6.07, 6.45) is 6.90. The lowest BCUT2D eigenvalue weighted by molar-refractivity contribution is -0.104. The van der Waals surface area contributed by atoms with Crippen LogP contribution in [-0.4, -0.2) is 52.1 Å². The van der Waals surface area contributed by atoms with Crippen LogP contribution in [-0.2, 0) is 9.59 Å². The lowest BCUT2D eigenvalue weighted by atomic mass is 10.2. The summed E-state index contributed by atoms with van der Waals surface area (Å²) in [5.74, 6) is 0. The zero-order chi connectivity index (χ0) is 28.8. The topological polar surface area (TPSA) is 167 Å². The van der Waals surface area contributed by atoms with Crippen LogP contribution in [0.2, 0.25) is 0 Å². The monoisotopic (exact) mass is 556 g/mol. The second kappa shape index (κ2) is 9.71. The van der Waals surface area contributed by atoms with Gasteiger partial charge in [0.05, 0.1) is 11.4 Å². The first-order valence-electron chi connectivity index (χ1n) is 12.9. The molecule has 7 rings (SSSR count). The number of carbonyl (C=O) groups is 2. The zero-order valence-electron chi connectivity index (χ0n) is 21.7. The number of nitrogens with zero attached hydrogens (tertiary/aromatic N) is 4. The molecule has 42 heavy (non-hydrogen) atoms. The second-order valence-electron chi connectivity index (χ2n) is 9.36. The van der Waals surface area contributed by atoms with Crippen LogP contribution in [0.5, 0.6) is 0 Å². The molecule has 4 aromatic heterocycles. The third kappa shape index (κ3) is 3.78. The van der Waals surface area contributed by atoms with Gasteiger partial charge in [0.25, 0.3) is 0 Å². The second-order valence-corrected chi connectivity index (χ2v) is 9.36. The third-order valence-corrected chi connectivity index (χ3v) is 6.89. The van der Waals surface area contributed by atoms with Crippen LogP contribution < -0.4 is 10.9 Å². The molecule has 0 saturated heterocycles. The van der Waals surface area contributed by atoms with E-state index in [1.165, 1.54) is 24.3 Å². The lowest BCUT2D eigenvalue weighted by Gasteiger charge is -2.07. The summed E-state index contributed by atoms with van der Waals surface area (Å²) in [6.45, 7) is 0. The van der Waals surface area contributed by atoms with Gasteiger partial charge in [-0.05, 0) is 48.6 Å². The summed E-state index contributed by atoms with van der Waals surface area (Å²) in [5, 5.41) is 9.22. The van der Waals surface area contributed by atoms with Gasteiger partial charge in [0, 0.05) is 0 Å². The molecule has 0 atom stereocenters. The van der Waals surface area contributed by atoms with Crippen LogP contribution >= 0.6 is 0 Å². The third-order valence-electron chi connectivity index (χ3n) is 6.89. The molecule has 12 nitrogen and oxygen atoms in total. The van der Waals surface area contributed by atoms with Crippen LogP contribution in [0.1, 0.15) is 11.4 Å². The molecule has 0 fully saturated rings. The maximum Gasteiger partial charge on any atom is 0.229 e. The summed E-state index contributed by atoms with van der Waals surface area (Å²) in [6, 6.07) is 18.5. The summed E-state index contributed by atoms with van der Waals surface area (Å²) in [5.41, 5.74) is 3.09. The van der Waals surface area contributed by atoms with Crippen molar-refractivity contribution in [1.29, 1.82) is 0 Å². The average molecular weight is 557 g/mol. The van der Waals surface area contributed by atoms with Crippen molar-refractivity contribution in [2.45, 2.75) is 0 Å². The number of H-pyrrole nitrogens is 4. The van der Waals surface area contributed by atoms with Crippen LogP contribution in [0.4, 0.5) is 0 Å². The molecule has 0 aliphatic heterocycles. The predicted molar refractivity (Wildman–Crippen MR) is 160 cm³/mol. The average Bonchev–Trinajstić information content (AvgIpc) is 3.58. The van der Waals surface area contributed by atoms with Crippen molar-refractivity contribution in [1.82, 2.24) is 39.5 Å². The Balaban J connectivity index is 1.59. The van der Waals surface area contributed by atoms with Gasteiger partial charge in [-0.15, -0.1) is 0 Å². The van der Waals surface area contributed by atoms with E-state index in [2.05, 4.69) is 30.1 Å². The normalized spacial score (nSPS) is 12.0. The van der Waals surface area contributed by atoms with Gasteiger partial charge in [-0.2, -0.15) is 10.2 Å². The molecule has 0 amide bonds. The number of aldehydes is 2. The summed E-state index contributed by atoms with van der Waals surface area (Å²) < 4.78 is 3.18. The largest absolute Gasteiger partial charge is 0.346 e. The lowest BCUT2D eigenvalue weighted by Crippen LogP contribution is -2.18. The van der Waals surface area contributed by atoms with Crippen LogP contribution in [0.3, 0.4) is 0 Å². The number of rotatable bonds is 6. The maximum atomic E-state index is 13.9. The van der Waals surface area contributed by atoms with E-state index in [0.717, 1.165) is 0 Å². The SMILES string of the molecule is O=C/C=C/c1nn(-c2ccccc2)c2[nH]c3c(=O)c4[nH]c5c(/C=C/C=O)nn(-c6ccccc6)c5[nH]c4c(=O)c3[nH]c12. The van der Waals surface area contributed by atoms with Gasteiger partial charge in [0.15, 0.2) is 11.3 Å². The highest BCUT2D eigenvalue weighted by Gasteiger charge is 2.20.